The van der Waals surface area contributed by atoms with E-state index in [0.717, 1.165) is 66.2 Å². The molecule has 0 atom stereocenters. The van der Waals surface area contributed by atoms with Gasteiger partial charge in [-0.15, -0.1) is 11.3 Å². The van der Waals surface area contributed by atoms with E-state index in [1.807, 2.05) is 11.3 Å². The minimum Gasteiger partial charge on any atom is -0.455 e. The van der Waals surface area contributed by atoms with Crippen LogP contribution in [0.15, 0.2) is 192 Å². The molecule has 11 aromatic rings. The molecule has 6 heteroatoms. The molecular weight excluding hydrogens is 990 g/mol. The summed E-state index contributed by atoms with van der Waals surface area (Å²) in [6, 6.07) is 60.2. The van der Waals surface area contributed by atoms with Crippen LogP contribution in [0, 0.1) is 11.8 Å². The third-order valence-corrected chi connectivity index (χ3v) is 19.8. The molecule has 0 fully saturated rings. The normalized spacial score (nSPS) is 16.3. The Bertz CT molecular complexity index is 4610. The monoisotopic (exact) mass is 1050 g/mol. The highest BCUT2D eigenvalue weighted by Gasteiger charge is 2.49. The van der Waals surface area contributed by atoms with Crippen molar-refractivity contribution in [3.05, 3.63) is 226 Å². The second-order valence-electron chi connectivity index (χ2n) is 23.8. The predicted octanol–water partition coefficient (Wildman–Crippen LogP) is 18.5. The Kier molecular flexibility index (Phi) is 10.5. The van der Waals surface area contributed by atoms with Crippen LogP contribution in [0.5, 0.6) is 0 Å². The van der Waals surface area contributed by atoms with Gasteiger partial charge in [-0.2, -0.15) is 0 Å². The number of hydrogen-bond donors (Lipinski definition) is 0. The summed E-state index contributed by atoms with van der Waals surface area (Å²) in [6.07, 6.45) is 18.2. The Morgan fingerprint density at radius 3 is 2.24 bits per heavy atom. The number of aromatic nitrogens is 1. The zero-order valence-electron chi connectivity index (χ0n) is 46.1. The van der Waals surface area contributed by atoms with Crippen LogP contribution in [0.4, 0.5) is 28.4 Å². The van der Waals surface area contributed by atoms with E-state index < -0.39 is 0 Å². The topological polar surface area (TPSA) is 24.6 Å². The Labute approximate surface area is 473 Å². The second-order valence-corrected chi connectivity index (χ2v) is 24.8. The fourth-order valence-corrected chi connectivity index (χ4v) is 16.1. The van der Waals surface area contributed by atoms with Crippen LogP contribution >= 0.6 is 11.3 Å². The van der Waals surface area contributed by atoms with Crippen molar-refractivity contribution in [2.45, 2.75) is 90.4 Å². The number of para-hydroxylation sites is 2. The van der Waals surface area contributed by atoms with E-state index in [2.05, 4.69) is 249 Å². The highest BCUT2D eigenvalue weighted by Crippen LogP contribution is 2.57. The maximum Gasteiger partial charge on any atom is 0.333 e. The maximum absolute atomic E-state index is 7.37. The summed E-state index contributed by atoms with van der Waals surface area (Å²) in [5, 5.41) is 4.84. The number of hydrogen-bond acceptors (Lipinski definition) is 4. The van der Waals surface area contributed by atoms with Gasteiger partial charge in [0.05, 0.1) is 16.2 Å². The molecule has 5 aliphatic rings. The smallest absolute Gasteiger partial charge is 0.333 e. The van der Waals surface area contributed by atoms with Gasteiger partial charge >= 0.3 is 6.85 Å². The van der Waals surface area contributed by atoms with Crippen LogP contribution < -0.4 is 20.7 Å². The van der Waals surface area contributed by atoms with Gasteiger partial charge in [-0.1, -0.05) is 180 Å². The summed E-state index contributed by atoms with van der Waals surface area (Å²) < 4.78 is 10.2. The molecule has 5 heterocycles. The number of aryl methyl sites for hydroxylation is 1. The van der Waals surface area contributed by atoms with E-state index in [1.54, 1.807) is 0 Å². The number of fused-ring (bicyclic) bond motifs is 15. The molecule has 3 aliphatic carbocycles. The lowest BCUT2D eigenvalue weighted by Crippen LogP contribution is -2.57. The molecule has 0 amide bonds. The van der Waals surface area contributed by atoms with Gasteiger partial charge in [0.1, 0.15) is 11.2 Å². The first-order chi connectivity index (χ1) is 39.2. The molecule has 0 saturated carbocycles. The fraction of sp³-hybridized carbons (Fsp3) is 0.189. The summed E-state index contributed by atoms with van der Waals surface area (Å²) in [7, 11) is 0. The molecule has 80 heavy (non-hydrogen) atoms. The van der Waals surface area contributed by atoms with E-state index in [4.69, 9.17) is 4.42 Å². The number of furan rings is 1. The average Bonchev–Trinajstić information content (AvgIpc) is 3.90. The van der Waals surface area contributed by atoms with Gasteiger partial charge in [-0.25, -0.2) is 0 Å². The van der Waals surface area contributed by atoms with Crippen LogP contribution in [-0.2, 0) is 23.7 Å². The second kappa shape index (κ2) is 17.8. The summed E-state index contributed by atoms with van der Waals surface area (Å²) in [4.78, 5) is 7.84. The van der Waals surface area contributed by atoms with Crippen molar-refractivity contribution in [1.82, 2.24) is 4.48 Å². The zero-order valence-corrected chi connectivity index (χ0v) is 46.9. The van der Waals surface area contributed by atoms with Crippen molar-refractivity contribution in [3.63, 3.8) is 0 Å². The Balaban J connectivity index is 1.11. The summed E-state index contributed by atoms with van der Waals surface area (Å²) in [5.74, 6) is 7.17. The molecule has 0 bridgehead atoms. The Morgan fingerprint density at radius 2 is 1.45 bits per heavy atom. The van der Waals surface area contributed by atoms with E-state index in [0.29, 0.717) is 6.42 Å². The number of benzene rings is 8. The molecule has 0 radical (unpaired) electrons. The van der Waals surface area contributed by atoms with Crippen LogP contribution in [0.2, 0.25) is 0 Å². The molecule has 8 aromatic carbocycles. The third-order valence-electron chi connectivity index (χ3n) is 18.6. The molecule has 386 valence electrons. The maximum atomic E-state index is 7.37. The molecular formula is C74H60BN3OS. The molecule has 0 saturated heterocycles. The SMILES string of the molecule is CCCCc1ccc(N2c3cc4c(cc3B3c5c2cc2c(oc6ccccc62)c5-c2ccc(N(C5=CC=CCC5)c5ccccc5)c5c6c7c(sc6n3c25)/C=C\CC#CC7)C(C)(C)c2ccccc2C4(C)C)c(-c2ccccc2)c1. The van der Waals surface area contributed by atoms with Gasteiger partial charge in [-0.3, -0.25) is 0 Å². The summed E-state index contributed by atoms with van der Waals surface area (Å²) in [6.45, 7) is 11.9. The van der Waals surface area contributed by atoms with Crippen LogP contribution in [-0.4, -0.2) is 11.3 Å². The molecule has 0 spiro atoms. The summed E-state index contributed by atoms with van der Waals surface area (Å²) in [5.41, 5.74) is 25.4. The van der Waals surface area contributed by atoms with E-state index >= 15 is 0 Å². The Morgan fingerprint density at radius 1 is 0.688 bits per heavy atom. The number of anilines is 5. The molecule has 2 aliphatic heterocycles. The number of thiophene rings is 1. The minimum absolute atomic E-state index is 0.224. The highest BCUT2D eigenvalue weighted by atomic mass is 32.1. The largest absolute Gasteiger partial charge is 0.455 e. The number of unbranched alkanes of at least 4 members (excludes halogenated alkanes) is 1. The van der Waals surface area contributed by atoms with Crippen LogP contribution in [0.1, 0.15) is 105 Å². The number of rotatable bonds is 8. The van der Waals surface area contributed by atoms with E-state index in [1.165, 1.54) is 121 Å². The van der Waals surface area contributed by atoms with Gasteiger partial charge < -0.3 is 18.7 Å². The highest BCUT2D eigenvalue weighted by molar-refractivity contribution is 7.20. The van der Waals surface area contributed by atoms with Crippen molar-refractivity contribution in [2.24, 2.45) is 0 Å². The lowest BCUT2D eigenvalue weighted by atomic mass is 9.44. The van der Waals surface area contributed by atoms with Crippen LogP contribution in [0.3, 0.4) is 0 Å². The van der Waals surface area contributed by atoms with Crippen molar-refractivity contribution >= 4 is 107 Å². The molecule has 0 N–H and O–H groups in total. The van der Waals surface area contributed by atoms with Gasteiger partial charge in [0.15, 0.2) is 0 Å². The first kappa shape index (κ1) is 47.5. The Hall–Kier alpha value is -8.50. The van der Waals surface area contributed by atoms with E-state index in [9.17, 15) is 0 Å². The predicted molar refractivity (Wildman–Crippen MR) is 340 cm³/mol. The average molecular weight is 1050 g/mol. The van der Waals surface area contributed by atoms with Gasteiger partial charge in [-0.05, 0) is 136 Å². The number of nitrogens with zero attached hydrogens (tertiary/aromatic N) is 3. The molecule has 16 rings (SSSR count). The van der Waals surface area contributed by atoms with Gasteiger partial charge in [0, 0.05) is 95.1 Å². The lowest BCUT2D eigenvalue weighted by molar-refractivity contribution is 0.521. The van der Waals surface area contributed by atoms with Gasteiger partial charge in [0.25, 0.3) is 0 Å². The first-order valence-electron chi connectivity index (χ1n) is 28.9. The standard InChI is InChI=1S/C74H60BN3OS/c1-6-7-25-46-38-40-60(53(42-46)47-26-13-10-14-27-47)77-62-45-58-57(73(2,3)55-34-22-23-35-56(55)74(58,4)5)44-59(62)75-69-63(77)43-54-50-32-21-24-36-64(50)79-71(54)67(69)52-39-41-61(76(48-28-15-11-16-29-48)49-30-17-12-18-31-49)68-66-51-33-19-8-9-20-37-65(51)80-72(66)78(75)70(52)68/h10-17,20-24,26-30,32,34-45H,6-7,9,18,25,31,33H2,1-5H3/b37-20-. The minimum atomic E-state index is -0.287. The van der Waals surface area contributed by atoms with E-state index in [-0.39, 0.29) is 17.7 Å². The lowest BCUT2D eigenvalue weighted by Gasteiger charge is -2.47. The van der Waals surface area contributed by atoms with Crippen molar-refractivity contribution in [3.8, 4) is 34.1 Å². The van der Waals surface area contributed by atoms with Gasteiger partial charge in [0.2, 0.25) is 0 Å². The molecule has 4 nitrogen and oxygen atoms in total. The van der Waals surface area contributed by atoms with Crippen molar-refractivity contribution in [1.29, 1.82) is 0 Å². The van der Waals surface area contributed by atoms with Crippen molar-refractivity contribution in [2.75, 3.05) is 9.80 Å². The quantitative estimate of drug-likeness (QED) is 0.112. The van der Waals surface area contributed by atoms with Crippen molar-refractivity contribution < 1.29 is 4.42 Å². The fourth-order valence-electron chi connectivity index (χ4n) is 14.8. The van der Waals surface area contributed by atoms with Crippen LogP contribution in [0.25, 0.3) is 71.4 Å². The third kappa shape index (κ3) is 6.71. The summed E-state index contributed by atoms with van der Waals surface area (Å²) >= 11 is 1.95. The first-order valence-corrected chi connectivity index (χ1v) is 29.7. The molecule has 0 unspecified atom stereocenters. The molecule has 3 aromatic heterocycles. The zero-order chi connectivity index (χ0) is 53.6. The number of allylic oxidation sites excluding steroid dienone is 5.